The summed E-state index contributed by atoms with van der Waals surface area (Å²) in [5.41, 5.74) is 1.40. The van der Waals surface area contributed by atoms with E-state index >= 15 is 0 Å². The van der Waals surface area contributed by atoms with Crippen LogP contribution in [0.5, 0.6) is 0 Å². The third kappa shape index (κ3) is 8.87. The first-order chi connectivity index (χ1) is 11.8. The van der Waals surface area contributed by atoms with Gasteiger partial charge in [-0.2, -0.15) is 0 Å². The Kier molecular flexibility index (Phi) is 11.9. The van der Waals surface area contributed by atoms with E-state index in [2.05, 4.69) is 57.8 Å². The van der Waals surface area contributed by atoms with Crippen LogP contribution in [0.3, 0.4) is 0 Å². The summed E-state index contributed by atoms with van der Waals surface area (Å²) >= 11 is 0. The Labute approximate surface area is 169 Å². The molecule has 1 aliphatic heterocycles. The van der Waals surface area contributed by atoms with E-state index in [1.54, 1.807) is 0 Å². The molecule has 25 heavy (non-hydrogen) atoms. The quantitative estimate of drug-likeness (QED) is 0.271. The molecule has 0 spiro atoms. The monoisotopic (exact) mass is 460 g/mol. The summed E-state index contributed by atoms with van der Waals surface area (Å²) in [5, 5.41) is 6.90. The van der Waals surface area contributed by atoms with Gasteiger partial charge in [0.25, 0.3) is 0 Å². The minimum atomic E-state index is 0. The zero-order chi connectivity index (χ0) is 17.0. The van der Waals surface area contributed by atoms with Crippen LogP contribution in [0.1, 0.15) is 32.3 Å². The van der Waals surface area contributed by atoms with Crippen molar-refractivity contribution in [1.29, 1.82) is 0 Å². The number of rotatable bonds is 8. The molecule has 1 saturated heterocycles. The lowest BCUT2D eigenvalue weighted by molar-refractivity contribution is 0.155. The molecule has 0 aliphatic carbocycles. The van der Waals surface area contributed by atoms with Crippen molar-refractivity contribution >= 4 is 29.9 Å². The lowest BCUT2D eigenvalue weighted by Gasteiger charge is -2.33. The van der Waals surface area contributed by atoms with Crippen molar-refractivity contribution in [3.8, 4) is 0 Å². The SMILES string of the molecule is CCNC(=NCCOCC)NC1CCN(Cc2ccccc2)CC1.I. The number of aliphatic imine (C=N–C) groups is 1. The predicted octanol–water partition coefficient (Wildman–Crippen LogP) is 2.86. The van der Waals surface area contributed by atoms with E-state index in [4.69, 9.17) is 4.74 Å². The first kappa shape index (κ1) is 22.2. The number of hydrogen-bond acceptors (Lipinski definition) is 3. The van der Waals surface area contributed by atoms with Crippen LogP contribution in [0.2, 0.25) is 0 Å². The molecule has 1 aromatic carbocycles. The van der Waals surface area contributed by atoms with E-state index in [1.165, 1.54) is 5.56 Å². The molecule has 0 amide bonds. The minimum absolute atomic E-state index is 0. The van der Waals surface area contributed by atoms with Crippen molar-refractivity contribution in [3.05, 3.63) is 35.9 Å². The highest BCUT2D eigenvalue weighted by molar-refractivity contribution is 14.0. The van der Waals surface area contributed by atoms with E-state index < -0.39 is 0 Å². The second-order valence-corrected chi connectivity index (χ2v) is 6.14. The average molecular weight is 460 g/mol. The van der Waals surface area contributed by atoms with E-state index in [0.29, 0.717) is 19.2 Å². The van der Waals surface area contributed by atoms with Crippen LogP contribution >= 0.6 is 24.0 Å². The summed E-state index contributed by atoms with van der Waals surface area (Å²) in [6.07, 6.45) is 2.31. The maximum absolute atomic E-state index is 5.35. The Hall–Kier alpha value is -0.860. The highest BCUT2D eigenvalue weighted by Crippen LogP contribution is 2.13. The van der Waals surface area contributed by atoms with E-state index in [0.717, 1.165) is 51.6 Å². The molecule has 0 radical (unpaired) electrons. The largest absolute Gasteiger partial charge is 0.380 e. The van der Waals surface area contributed by atoms with Gasteiger partial charge in [0.1, 0.15) is 0 Å². The lowest BCUT2D eigenvalue weighted by atomic mass is 10.0. The van der Waals surface area contributed by atoms with Crippen molar-refractivity contribution in [2.45, 2.75) is 39.3 Å². The lowest BCUT2D eigenvalue weighted by Crippen LogP contribution is -2.48. The molecular formula is C19H33IN4O. The number of halogens is 1. The topological polar surface area (TPSA) is 48.9 Å². The Morgan fingerprint density at radius 3 is 2.56 bits per heavy atom. The van der Waals surface area contributed by atoms with Gasteiger partial charge in [0, 0.05) is 38.8 Å². The second kappa shape index (κ2) is 13.4. The van der Waals surface area contributed by atoms with Crippen LogP contribution in [0.15, 0.2) is 35.3 Å². The highest BCUT2D eigenvalue weighted by Gasteiger charge is 2.19. The first-order valence-corrected chi connectivity index (χ1v) is 9.20. The van der Waals surface area contributed by atoms with Gasteiger partial charge in [-0.05, 0) is 32.3 Å². The molecule has 1 heterocycles. The van der Waals surface area contributed by atoms with Gasteiger partial charge in [-0.15, -0.1) is 24.0 Å². The molecule has 0 bridgehead atoms. The smallest absolute Gasteiger partial charge is 0.191 e. The summed E-state index contributed by atoms with van der Waals surface area (Å²) in [7, 11) is 0. The zero-order valence-electron chi connectivity index (χ0n) is 15.5. The Bertz CT molecular complexity index is 476. The summed E-state index contributed by atoms with van der Waals surface area (Å²) in [5.74, 6) is 0.915. The summed E-state index contributed by atoms with van der Waals surface area (Å²) in [6.45, 7) is 10.4. The number of guanidine groups is 1. The summed E-state index contributed by atoms with van der Waals surface area (Å²) in [6, 6.07) is 11.2. The van der Waals surface area contributed by atoms with E-state index in [9.17, 15) is 0 Å². The zero-order valence-corrected chi connectivity index (χ0v) is 17.9. The Morgan fingerprint density at radius 2 is 1.92 bits per heavy atom. The molecule has 6 heteroatoms. The number of nitrogens with one attached hydrogen (secondary N) is 2. The van der Waals surface area contributed by atoms with E-state index in [-0.39, 0.29) is 24.0 Å². The van der Waals surface area contributed by atoms with Gasteiger partial charge in [-0.3, -0.25) is 9.89 Å². The normalized spacial score (nSPS) is 16.3. The fraction of sp³-hybridized carbons (Fsp3) is 0.632. The molecule has 1 aliphatic rings. The predicted molar refractivity (Wildman–Crippen MR) is 116 cm³/mol. The number of nitrogens with zero attached hydrogens (tertiary/aromatic N) is 2. The van der Waals surface area contributed by atoms with Gasteiger partial charge in [0.15, 0.2) is 5.96 Å². The maximum Gasteiger partial charge on any atom is 0.191 e. The summed E-state index contributed by atoms with van der Waals surface area (Å²) < 4.78 is 5.35. The molecule has 1 fully saturated rings. The van der Waals surface area contributed by atoms with Crippen LogP contribution in [0.4, 0.5) is 0 Å². The number of benzene rings is 1. The van der Waals surface area contributed by atoms with Crippen molar-refractivity contribution in [2.24, 2.45) is 4.99 Å². The molecule has 0 unspecified atom stereocenters. The molecule has 142 valence electrons. The standard InChI is InChI=1S/C19H32N4O.HI/c1-3-20-19(21-12-15-24-4-2)22-18-10-13-23(14-11-18)16-17-8-6-5-7-9-17;/h5-9,18H,3-4,10-16H2,1-2H3,(H2,20,21,22);1H. The molecule has 5 nitrogen and oxygen atoms in total. The Morgan fingerprint density at radius 1 is 1.20 bits per heavy atom. The molecular weight excluding hydrogens is 427 g/mol. The molecule has 1 aromatic rings. The van der Waals surface area contributed by atoms with Crippen molar-refractivity contribution in [3.63, 3.8) is 0 Å². The van der Waals surface area contributed by atoms with Gasteiger partial charge in [0.2, 0.25) is 0 Å². The van der Waals surface area contributed by atoms with Gasteiger partial charge in [0.05, 0.1) is 13.2 Å². The molecule has 0 aromatic heterocycles. The van der Waals surface area contributed by atoms with Gasteiger partial charge >= 0.3 is 0 Å². The van der Waals surface area contributed by atoms with Crippen LogP contribution in [-0.2, 0) is 11.3 Å². The number of ether oxygens (including phenoxy) is 1. The minimum Gasteiger partial charge on any atom is -0.380 e. The maximum atomic E-state index is 5.35. The van der Waals surface area contributed by atoms with Crippen LogP contribution in [-0.4, -0.2) is 56.3 Å². The van der Waals surface area contributed by atoms with Crippen molar-refractivity contribution < 1.29 is 4.74 Å². The fourth-order valence-electron chi connectivity index (χ4n) is 2.96. The molecule has 2 rings (SSSR count). The van der Waals surface area contributed by atoms with E-state index in [1.807, 2.05) is 6.92 Å². The Balaban J connectivity index is 0.00000312. The summed E-state index contributed by atoms with van der Waals surface area (Å²) in [4.78, 5) is 7.12. The van der Waals surface area contributed by atoms with Crippen molar-refractivity contribution in [2.75, 3.05) is 39.4 Å². The first-order valence-electron chi connectivity index (χ1n) is 9.20. The van der Waals surface area contributed by atoms with Gasteiger partial charge < -0.3 is 15.4 Å². The van der Waals surface area contributed by atoms with Crippen LogP contribution in [0, 0.1) is 0 Å². The fourth-order valence-corrected chi connectivity index (χ4v) is 2.96. The van der Waals surface area contributed by atoms with Crippen LogP contribution < -0.4 is 10.6 Å². The molecule has 0 atom stereocenters. The second-order valence-electron chi connectivity index (χ2n) is 6.14. The molecule has 0 saturated carbocycles. The third-order valence-electron chi connectivity index (χ3n) is 4.23. The number of piperidine rings is 1. The molecule has 2 N–H and O–H groups in total. The number of hydrogen-bond donors (Lipinski definition) is 2. The average Bonchev–Trinajstić information content (AvgIpc) is 2.61. The number of likely N-dealkylation sites (tertiary alicyclic amines) is 1. The van der Waals surface area contributed by atoms with Gasteiger partial charge in [-0.25, -0.2) is 0 Å². The van der Waals surface area contributed by atoms with Crippen molar-refractivity contribution in [1.82, 2.24) is 15.5 Å². The highest BCUT2D eigenvalue weighted by atomic mass is 127. The third-order valence-corrected chi connectivity index (χ3v) is 4.23. The van der Waals surface area contributed by atoms with Gasteiger partial charge in [-0.1, -0.05) is 30.3 Å². The van der Waals surface area contributed by atoms with Crippen LogP contribution in [0.25, 0.3) is 0 Å².